The Kier molecular flexibility index (Phi) is 7.24. The molecule has 176 valence electrons. The average Bonchev–Trinajstić information content (AvgIpc) is 3.49. The smallest absolute Gasteiger partial charge is 0.159 e. The molecule has 2 heterocycles. The number of hydrogen-bond donors (Lipinski definition) is 0. The predicted molar refractivity (Wildman–Crippen MR) is 133 cm³/mol. The molecule has 4 nitrogen and oxygen atoms in total. The lowest BCUT2D eigenvalue weighted by atomic mass is 9.94. The number of fused-ring (bicyclic) bond motifs is 1. The highest BCUT2D eigenvalue weighted by atomic mass is 16.5. The molecule has 1 atom stereocenters. The van der Waals surface area contributed by atoms with Crippen LogP contribution < -0.4 is 0 Å². The van der Waals surface area contributed by atoms with Crippen molar-refractivity contribution in [2.75, 3.05) is 32.8 Å². The van der Waals surface area contributed by atoms with Crippen LogP contribution in [0.1, 0.15) is 59.7 Å². The molecule has 4 heteroatoms. The van der Waals surface area contributed by atoms with Gasteiger partial charge < -0.3 is 4.74 Å². The van der Waals surface area contributed by atoms with E-state index >= 15 is 0 Å². The standard InChI is InChI=1S/C29H38N2O2/c1-22(32)25-9-4-6-24(16-25)20-30(21-29-10-5-15-33-29)19-23-11-13-31(14-12-23)28-17-26-7-2-3-8-27(26)18-28/h2-4,6-9,16,23,28-29H,5,10-15,17-21H2,1H3. The summed E-state index contributed by atoms with van der Waals surface area (Å²) in [6.07, 6.45) is 7.71. The third-order valence-electron chi connectivity index (χ3n) is 7.94. The van der Waals surface area contributed by atoms with Crippen molar-refractivity contribution < 1.29 is 9.53 Å². The molecule has 1 unspecified atom stereocenters. The van der Waals surface area contributed by atoms with Gasteiger partial charge in [-0.3, -0.25) is 14.6 Å². The van der Waals surface area contributed by atoms with Gasteiger partial charge in [-0.05, 0) is 87.2 Å². The zero-order valence-electron chi connectivity index (χ0n) is 20.0. The third-order valence-corrected chi connectivity index (χ3v) is 7.94. The third kappa shape index (κ3) is 5.74. The highest BCUT2D eigenvalue weighted by Crippen LogP contribution is 2.29. The van der Waals surface area contributed by atoms with Gasteiger partial charge in [-0.25, -0.2) is 0 Å². The van der Waals surface area contributed by atoms with E-state index in [2.05, 4.69) is 46.2 Å². The minimum absolute atomic E-state index is 0.143. The number of ether oxygens (including phenoxy) is 1. The molecule has 2 saturated heterocycles. The molecule has 2 aliphatic heterocycles. The topological polar surface area (TPSA) is 32.8 Å². The molecule has 2 fully saturated rings. The Hall–Kier alpha value is -2.01. The largest absolute Gasteiger partial charge is 0.377 e. The molecule has 2 aromatic rings. The normalized spacial score (nSPS) is 22.2. The molecule has 1 aliphatic carbocycles. The van der Waals surface area contributed by atoms with Crippen molar-refractivity contribution in [2.24, 2.45) is 5.92 Å². The zero-order chi connectivity index (χ0) is 22.6. The van der Waals surface area contributed by atoms with Gasteiger partial charge in [0.05, 0.1) is 6.10 Å². The van der Waals surface area contributed by atoms with Crippen LogP contribution in [0.15, 0.2) is 48.5 Å². The van der Waals surface area contributed by atoms with E-state index in [0.717, 1.165) is 37.7 Å². The fourth-order valence-electron chi connectivity index (χ4n) is 6.09. The molecule has 2 aromatic carbocycles. The van der Waals surface area contributed by atoms with Crippen LogP contribution in [-0.4, -0.2) is 60.5 Å². The molecular weight excluding hydrogens is 408 g/mol. The Labute approximate surface area is 198 Å². The lowest BCUT2D eigenvalue weighted by Crippen LogP contribution is -2.44. The highest BCUT2D eigenvalue weighted by Gasteiger charge is 2.31. The SMILES string of the molecule is CC(=O)c1cccc(CN(CC2CCN(C3Cc4ccccc4C3)CC2)CC2CCCO2)c1. The first-order valence-electron chi connectivity index (χ1n) is 12.9. The number of ketones is 1. The Morgan fingerprint density at radius 2 is 1.76 bits per heavy atom. The van der Waals surface area contributed by atoms with E-state index in [1.807, 2.05) is 12.1 Å². The fourth-order valence-corrected chi connectivity index (χ4v) is 6.09. The van der Waals surface area contributed by atoms with Crippen molar-refractivity contribution >= 4 is 5.78 Å². The highest BCUT2D eigenvalue weighted by molar-refractivity contribution is 5.94. The molecule has 0 amide bonds. The number of piperidine rings is 1. The number of Topliss-reactive ketones (excluding diaryl/α,β-unsaturated/α-hetero) is 1. The van der Waals surface area contributed by atoms with Crippen LogP contribution >= 0.6 is 0 Å². The van der Waals surface area contributed by atoms with E-state index in [4.69, 9.17) is 4.74 Å². The van der Waals surface area contributed by atoms with Gasteiger partial charge in [0.15, 0.2) is 5.78 Å². The molecule has 0 radical (unpaired) electrons. The van der Waals surface area contributed by atoms with Gasteiger partial charge in [-0.2, -0.15) is 0 Å². The summed E-state index contributed by atoms with van der Waals surface area (Å²) in [5.74, 6) is 0.881. The quantitative estimate of drug-likeness (QED) is 0.548. The number of nitrogens with zero attached hydrogens (tertiary/aromatic N) is 2. The number of hydrogen-bond acceptors (Lipinski definition) is 4. The second-order valence-electron chi connectivity index (χ2n) is 10.4. The van der Waals surface area contributed by atoms with Crippen LogP contribution in [0.5, 0.6) is 0 Å². The summed E-state index contributed by atoms with van der Waals surface area (Å²) in [6, 6.07) is 17.9. The fraction of sp³-hybridized carbons (Fsp3) is 0.552. The van der Waals surface area contributed by atoms with Crippen molar-refractivity contribution in [3.63, 3.8) is 0 Å². The van der Waals surface area contributed by atoms with Gasteiger partial charge in [0.25, 0.3) is 0 Å². The minimum atomic E-state index is 0.143. The first kappa shape index (κ1) is 22.8. The first-order chi connectivity index (χ1) is 16.1. The summed E-state index contributed by atoms with van der Waals surface area (Å²) in [4.78, 5) is 17.2. The van der Waals surface area contributed by atoms with Crippen molar-refractivity contribution in [3.05, 3.63) is 70.8 Å². The van der Waals surface area contributed by atoms with E-state index in [1.54, 1.807) is 18.1 Å². The average molecular weight is 447 g/mol. The second-order valence-corrected chi connectivity index (χ2v) is 10.4. The molecule has 0 saturated carbocycles. The van der Waals surface area contributed by atoms with Crippen LogP contribution in [0.2, 0.25) is 0 Å². The van der Waals surface area contributed by atoms with Crippen LogP contribution in [0.3, 0.4) is 0 Å². The number of likely N-dealkylation sites (tertiary alicyclic amines) is 1. The van der Waals surface area contributed by atoms with Crippen LogP contribution in [-0.2, 0) is 24.1 Å². The van der Waals surface area contributed by atoms with E-state index in [9.17, 15) is 4.79 Å². The van der Waals surface area contributed by atoms with Gasteiger partial charge in [-0.15, -0.1) is 0 Å². The Morgan fingerprint density at radius 3 is 2.42 bits per heavy atom. The maximum absolute atomic E-state index is 11.9. The van der Waals surface area contributed by atoms with E-state index in [-0.39, 0.29) is 5.78 Å². The van der Waals surface area contributed by atoms with Gasteiger partial charge in [0, 0.05) is 37.8 Å². The maximum atomic E-state index is 11.9. The summed E-state index contributed by atoms with van der Waals surface area (Å²) < 4.78 is 5.98. The Morgan fingerprint density at radius 1 is 1.00 bits per heavy atom. The molecule has 3 aliphatic rings. The van der Waals surface area contributed by atoms with E-state index in [0.29, 0.717) is 12.1 Å². The molecule has 0 N–H and O–H groups in total. The number of carbonyl (C=O) groups excluding carboxylic acids is 1. The number of benzene rings is 2. The molecule has 0 aromatic heterocycles. The minimum Gasteiger partial charge on any atom is -0.377 e. The first-order valence-corrected chi connectivity index (χ1v) is 12.9. The maximum Gasteiger partial charge on any atom is 0.159 e. The van der Waals surface area contributed by atoms with E-state index in [1.165, 1.54) is 57.2 Å². The molecular formula is C29H38N2O2. The van der Waals surface area contributed by atoms with Crippen molar-refractivity contribution in [1.82, 2.24) is 9.80 Å². The summed E-state index contributed by atoms with van der Waals surface area (Å²) in [6.45, 7) is 8.03. The van der Waals surface area contributed by atoms with E-state index < -0.39 is 0 Å². The molecule has 33 heavy (non-hydrogen) atoms. The van der Waals surface area contributed by atoms with Crippen molar-refractivity contribution in [2.45, 2.75) is 64.1 Å². The lowest BCUT2D eigenvalue weighted by molar-refractivity contribution is 0.0541. The summed E-state index contributed by atoms with van der Waals surface area (Å²) in [5.41, 5.74) is 5.16. The summed E-state index contributed by atoms with van der Waals surface area (Å²) in [7, 11) is 0. The van der Waals surface area contributed by atoms with Gasteiger partial charge in [0.2, 0.25) is 0 Å². The van der Waals surface area contributed by atoms with Crippen molar-refractivity contribution in [1.29, 1.82) is 0 Å². The lowest BCUT2D eigenvalue weighted by Gasteiger charge is -2.38. The molecule has 0 spiro atoms. The van der Waals surface area contributed by atoms with Crippen LogP contribution in [0.4, 0.5) is 0 Å². The summed E-state index contributed by atoms with van der Waals surface area (Å²) in [5, 5.41) is 0. The Bertz CT molecular complexity index is 919. The zero-order valence-corrected chi connectivity index (χ0v) is 20.0. The van der Waals surface area contributed by atoms with Gasteiger partial charge in [-0.1, -0.05) is 42.5 Å². The van der Waals surface area contributed by atoms with Crippen LogP contribution in [0, 0.1) is 5.92 Å². The number of carbonyl (C=O) groups is 1. The molecule has 0 bridgehead atoms. The number of rotatable bonds is 8. The Balaban J connectivity index is 1.18. The van der Waals surface area contributed by atoms with Crippen LogP contribution in [0.25, 0.3) is 0 Å². The monoisotopic (exact) mass is 446 g/mol. The second kappa shape index (κ2) is 10.5. The van der Waals surface area contributed by atoms with Gasteiger partial charge >= 0.3 is 0 Å². The molecule has 5 rings (SSSR count). The van der Waals surface area contributed by atoms with Crippen molar-refractivity contribution in [3.8, 4) is 0 Å². The van der Waals surface area contributed by atoms with Gasteiger partial charge in [0.1, 0.15) is 0 Å². The predicted octanol–water partition coefficient (Wildman–Crippen LogP) is 4.75. The summed E-state index contributed by atoms with van der Waals surface area (Å²) >= 11 is 0.